The first-order valence-electron chi connectivity index (χ1n) is 8.47. The number of rotatable bonds is 5. The Morgan fingerprint density at radius 2 is 2.07 bits per heavy atom. The van der Waals surface area contributed by atoms with Gasteiger partial charge in [0.05, 0.1) is 6.54 Å². The average Bonchev–Trinajstić information content (AvgIpc) is 3.09. The zero-order chi connectivity index (χ0) is 19.4. The predicted octanol–water partition coefficient (Wildman–Crippen LogP) is 3.38. The van der Waals surface area contributed by atoms with Crippen molar-refractivity contribution < 1.29 is 22.5 Å². The summed E-state index contributed by atoms with van der Waals surface area (Å²) in [7, 11) is 0. The maximum absolute atomic E-state index is 12.5. The highest BCUT2D eigenvalue weighted by atomic mass is 35.5. The van der Waals surface area contributed by atoms with Gasteiger partial charge in [0.1, 0.15) is 0 Å². The number of carbonyl (C=O) groups is 1. The molecule has 1 amide bonds. The highest BCUT2D eigenvalue weighted by Crippen LogP contribution is 2.26. The van der Waals surface area contributed by atoms with Gasteiger partial charge in [0, 0.05) is 23.7 Å². The fourth-order valence-electron chi connectivity index (χ4n) is 3.03. The minimum absolute atomic E-state index is 0.0619. The summed E-state index contributed by atoms with van der Waals surface area (Å²) in [6.07, 6.45) is -2.81. The fraction of sp³-hybridized carbons (Fsp3) is 0.471. The molecule has 146 valence electrons. The quantitative estimate of drug-likeness (QED) is 0.830. The van der Waals surface area contributed by atoms with Crippen LogP contribution < -0.4 is 5.32 Å². The molecule has 1 aromatic carbocycles. The fourth-order valence-corrected chi connectivity index (χ4v) is 3.15. The second-order valence-corrected chi connectivity index (χ2v) is 6.91. The molecule has 3 rings (SSSR count). The van der Waals surface area contributed by atoms with Crippen molar-refractivity contribution in [3.05, 3.63) is 46.6 Å². The van der Waals surface area contributed by atoms with Crippen molar-refractivity contribution in [3.63, 3.8) is 0 Å². The molecule has 1 N–H and O–H groups in total. The number of piperidine rings is 1. The second kappa shape index (κ2) is 8.26. The number of nitrogens with one attached hydrogen (secondary N) is 1. The summed E-state index contributed by atoms with van der Waals surface area (Å²) in [4.78, 5) is 17.5. The summed E-state index contributed by atoms with van der Waals surface area (Å²) in [5.41, 5.74) is 0.526. The highest BCUT2D eigenvalue weighted by molar-refractivity contribution is 6.30. The van der Waals surface area contributed by atoms with Gasteiger partial charge in [0.15, 0.2) is 0 Å². The molecule has 0 bridgehead atoms. The Bertz CT molecular complexity index is 779. The van der Waals surface area contributed by atoms with E-state index in [2.05, 4.69) is 15.5 Å². The lowest BCUT2D eigenvalue weighted by molar-refractivity contribution is -0.146. The third kappa shape index (κ3) is 5.43. The van der Waals surface area contributed by atoms with Crippen LogP contribution in [0.5, 0.6) is 0 Å². The zero-order valence-corrected chi connectivity index (χ0v) is 15.1. The van der Waals surface area contributed by atoms with Crippen molar-refractivity contribution in [3.8, 4) is 0 Å². The molecule has 1 aliphatic heterocycles. The number of alkyl halides is 3. The molecule has 1 atom stereocenters. The van der Waals surface area contributed by atoms with Crippen LogP contribution in [0.3, 0.4) is 0 Å². The largest absolute Gasteiger partial charge is 0.455 e. The van der Waals surface area contributed by atoms with Crippen molar-refractivity contribution in [2.45, 2.75) is 25.6 Å². The number of hydrogen-bond donors (Lipinski definition) is 1. The summed E-state index contributed by atoms with van der Waals surface area (Å²) < 4.78 is 42.3. The van der Waals surface area contributed by atoms with Crippen molar-refractivity contribution >= 4 is 17.5 Å². The van der Waals surface area contributed by atoms with E-state index in [1.165, 1.54) is 0 Å². The van der Waals surface area contributed by atoms with Gasteiger partial charge in [0.2, 0.25) is 5.89 Å². The van der Waals surface area contributed by atoms with Crippen LogP contribution in [-0.2, 0) is 12.7 Å². The van der Waals surface area contributed by atoms with E-state index in [1.54, 1.807) is 24.3 Å². The first-order chi connectivity index (χ1) is 12.8. The van der Waals surface area contributed by atoms with Gasteiger partial charge in [-0.2, -0.15) is 18.2 Å². The van der Waals surface area contributed by atoms with Crippen LogP contribution in [0.25, 0.3) is 0 Å². The second-order valence-electron chi connectivity index (χ2n) is 6.47. The molecule has 2 aromatic rings. The minimum atomic E-state index is -4.61. The third-order valence-electron chi connectivity index (χ3n) is 4.34. The lowest BCUT2D eigenvalue weighted by Gasteiger charge is -2.31. The first kappa shape index (κ1) is 19.6. The topological polar surface area (TPSA) is 71.3 Å². The van der Waals surface area contributed by atoms with Gasteiger partial charge in [0.25, 0.3) is 11.7 Å². The Balaban J connectivity index is 1.49. The molecular weight excluding hydrogens is 385 g/mol. The standard InChI is InChI=1S/C17H18ClF3N4O2/c18-13-5-3-12(4-6-13)15(26)22-8-11-2-1-7-25(9-11)10-14-23-16(24-27-14)17(19,20)21/h3-6,11H,1-2,7-10H2,(H,22,26). The molecule has 0 spiro atoms. The molecule has 0 aliphatic carbocycles. The van der Waals surface area contributed by atoms with Crippen molar-refractivity contribution in [1.82, 2.24) is 20.4 Å². The van der Waals surface area contributed by atoms with E-state index < -0.39 is 12.0 Å². The minimum Gasteiger partial charge on any atom is -0.352 e. The van der Waals surface area contributed by atoms with Crippen LogP contribution in [0.1, 0.15) is 34.9 Å². The van der Waals surface area contributed by atoms with Crippen molar-refractivity contribution in [1.29, 1.82) is 0 Å². The number of amides is 1. The molecule has 1 unspecified atom stereocenters. The number of nitrogens with zero attached hydrogens (tertiary/aromatic N) is 3. The van der Waals surface area contributed by atoms with E-state index in [9.17, 15) is 18.0 Å². The number of hydrogen-bond acceptors (Lipinski definition) is 5. The predicted molar refractivity (Wildman–Crippen MR) is 91.1 cm³/mol. The van der Waals surface area contributed by atoms with E-state index >= 15 is 0 Å². The van der Waals surface area contributed by atoms with Crippen LogP contribution in [0.15, 0.2) is 28.8 Å². The van der Waals surface area contributed by atoms with Crippen LogP contribution in [-0.4, -0.2) is 40.6 Å². The van der Waals surface area contributed by atoms with Crippen LogP contribution in [0, 0.1) is 5.92 Å². The van der Waals surface area contributed by atoms with E-state index in [4.69, 9.17) is 16.1 Å². The smallest absolute Gasteiger partial charge is 0.352 e. The van der Waals surface area contributed by atoms with Crippen LogP contribution in [0.4, 0.5) is 13.2 Å². The van der Waals surface area contributed by atoms with E-state index in [0.29, 0.717) is 23.7 Å². The molecular formula is C17H18ClF3N4O2. The number of halogens is 4. The maximum Gasteiger partial charge on any atom is 0.455 e. The highest BCUT2D eigenvalue weighted by Gasteiger charge is 2.37. The monoisotopic (exact) mass is 402 g/mol. The molecule has 0 saturated carbocycles. The molecule has 1 aliphatic rings. The lowest BCUT2D eigenvalue weighted by Crippen LogP contribution is -2.40. The molecule has 1 saturated heterocycles. The number of aromatic nitrogens is 2. The van der Waals surface area contributed by atoms with E-state index in [-0.39, 0.29) is 24.3 Å². The molecule has 10 heteroatoms. The maximum atomic E-state index is 12.5. The van der Waals surface area contributed by atoms with Crippen LogP contribution in [0.2, 0.25) is 5.02 Å². The molecule has 2 heterocycles. The van der Waals surface area contributed by atoms with Gasteiger partial charge in [-0.1, -0.05) is 16.8 Å². The molecule has 0 radical (unpaired) electrons. The molecule has 1 aromatic heterocycles. The Morgan fingerprint density at radius 3 is 2.74 bits per heavy atom. The van der Waals surface area contributed by atoms with Gasteiger partial charge in [-0.3, -0.25) is 9.69 Å². The van der Waals surface area contributed by atoms with Gasteiger partial charge in [-0.25, -0.2) is 0 Å². The van der Waals surface area contributed by atoms with Crippen LogP contribution >= 0.6 is 11.6 Å². The van der Waals surface area contributed by atoms with Crippen molar-refractivity contribution in [2.75, 3.05) is 19.6 Å². The summed E-state index contributed by atoms with van der Waals surface area (Å²) in [5, 5.41) is 6.41. The van der Waals surface area contributed by atoms with Gasteiger partial charge >= 0.3 is 6.18 Å². The average molecular weight is 403 g/mol. The molecule has 27 heavy (non-hydrogen) atoms. The third-order valence-corrected chi connectivity index (χ3v) is 4.59. The number of benzene rings is 1. The normalized spacial score (nSPS) is 18.4. The van der Waals surface area contributed by atoms with E-state index in [0.717, 1.165) is 19.4 Å². The van der Waals surface area contributed by atoms with Gasteiger partial charge < -0.3 is 9.84 Å². The van der Waals surface area contributed by atoms with E-state index in [1.807, 2.05) is 4.90 Å². The van der Waals surface area contributed by atoms with Gasteiger partial charge in [-0.15, -0.1) is 0 Å². The number of carbonyl (C=O) groups excluding carboxylic acids is 1. The summed E-state index contributed by atoms with van der Waals surface area (Å²) >= 11 is 5.81. The number of likely N-dealkylation sites (tertiary alicyclic amines) is 1. The SMILES string of the molecule is O=C(NCC1CCCN(Cc2nc(C(F)(F)F)no2)C1)c1ccc(Cl)cc1. The molecule has 6 nitrogen and oxygen atoms in total. The lowest BCUT2D eigenvalue weighted by atomic mass is 9.98. The molecule has 1 fully saturated rings. The Labute approximate surface area is 158 Å². The Hall–Kier alpha value is -2.13. The van der Waals surface area contributed by atoms with Gasteiger partial charge in [-0.05, 0) is 49.6 Å². The summed E-state index contributed by atoms with van der Waals surface area (Å²) in [6.45, 7) is 2.00. The summed E-state index contributed by atoms with van der Waals surface area (Å²) in [5.74, 6) is -1.31. The van der Waals surface area contributed by atoms with Crippen molar-refractivity contribution in [2.24, 2.45) is 5.92 Å². The Kier molecular flexibility index (Phi) is 6.01. The zero-order valence-electron chi connectivity index (χ0n) is 14.3. The first-order valence-corrected chi connectivity index (χ1v) is 8.85. The summed E-state index contributed by atoms with van der Waals surface area (Å²) in [6, 6.07) is 6.61. The Morgan fingerprint density at radius 1 is 1.33 bits per heavy atom.